The van der Waals surface area contributed by atoms with Gasteiger partial charge in [-0.15, -0.1) is 0 Å². The Labute approximate surface area is 97.5 Å². The van der Waals surface area contributed by atoms with Gasteiger partial charge < -0.3 is 20.3 Å². The third-order valence-electron chi connectivity index (χ3n) is 3.12. The summed E-state index contributed by atoms with van der Waals surface area (Å²) in [7, 11) is 1.62. The Hall–Kier alpha value is -0.200. The van der Waals surface area contributed by atoms with E-state index in [0.717, 1.165) is 6.54 Å². The Kier molecular flexibility index (Phi) is 5.64. The maximum absolute atomic E-state index is 9.46. The molecule has 0 spiro atoms. The van der Waals surface area contributed by atoms with Gasteiger partial charge in [0.05, 0.1) is 32.0 Å². The molecule has 96 valence electrons. The first-order valence-corrected chi connectivity index (χ1v) is 5.82. The molecule has 0 aliphatic carbocycles. The van der Waals surface area contributed by atoms with Crippen molar-refractivity contribution >= 4 is 0 Å². The van der Waals surface area contributed by atoms with Crippen LogP contribution in [0.25, 0.3) is 0 Å². The van der Waals surface area contributed by atoms with Gasteiger partial charge in [-0.2, -0.15) is 0 Å². The minimum Gasteiger partial charge on any atom is -0.395 e. The third-order valence-corrected chi connectivity index (χ3v) is 3.12. The zero-order chi connectivity index (χ0) is 12.1. The molecule has 16 heavy (non-hydrogen) atoms. The van der Waals surface area contributed by atoms with Crippen molar-refractivity contribution in [3.8, 4) is 0 Å². The van der Waals surface area contributed by atoms with Crippen LogP contribution in [0, 0.1) is 0 Å². The summed E-state index contributed by atoms with van der Waals surface area (Å²) in [5.74, 6) is 0. The lowest BCUT2D eigenvalue weighted by Gasteiger charge is -2.43. The van der Waals surface area contributed by atoms with E-state index >= 15 is 0 Å². The largest absolute Gasteiger partial charge is 0.395 e. The Morgan fingerprint density at radius 2 is 2.25 bits per heavy atom. The molecule has 0 amide bonds. The van der Waals surface area contributed by atoms with Gasteiger partial charge in [0, 0.05) is 25.7 Å². The molecule has 1 aliphatic rings. The second-order valence-electron chi connectivity index (χ2n) is 4.56. The summed E-state index contributed by atoms with van der Waals surface area (Å²) in [4.78, 5) is 2.22. The van der Waals surface area contributed by atoms with Gasteiger partial charge in [0.1, 0.15) is 0 Å². The maximum Gasteiger partial charge on any atom is 0.0674 e. The standard InChI is InChI=1S/C11H24N2O3/c1-8-6-16-9(2)4-13(8)11(5-14)10(12)7-15-3/h8-11,14H,4-7,12H2,1-3H3. The van der Waals surface area contributed by atoms with Crippen LogP contribution in [0.4, 0.5) is 0 Å². The number of aliphatic hydroxyl groups excluding tert-OH is 1. The third kappa shape index (κ3) is 3.40. The van der Waals surface area contributed by atoms with Crippen molar-refractivity contribution in [3.63, 3.8) is 0 Å². The van der Waals surface area contributed by atoms with E-state index < -0.39 is 0 Å². The van der Waals surface area contributed by atoms with Crippen LogP contribution >= 0.6 is 0 Å². The van der Waals surface area contributed by atoms with Crippen LogP contribution in [-0.2, 0) is 9.47 Å². The van der Waals surface area contributed by atoms with Crippen LogP contribution in [0.1, 0.15) is 13.8 Å². The fourth-order valence-corrected chi connectivity index (χ4v) is 2.18. The molecule has 1 rings (SSSR count). The molecule has 1 saturated heterocycles. The average Bonchev–Trinajstić information content (AvgIpc) is 2.24. The minimum atomic E-state index is -0.164. The summed E-state index contributed by atoms with van der Waals surface area (Å²) in [5.41, 5.74) is 6.01. The monoisotopic (exact) mass is 232 g/mol. The predicted molar refractivity (Wildman–Crippen MR) is 62.3 cm³/mol. The number of ether oxygens (including phenoxy) is 2. The Morgan fingerprint density at radius 1 is 1.56 bits per heavy atom. The van der Waals surface area contributed by atoms with E-state index in [-0.39, 0.29) is 30.8 Å². The maximum atomic E-state index is 9.46. The first kappa shape index (κ1) is 13.9. The number of nitrogens with two attached hydrogens (primary N) is 1. The summed E-state index contributed by atoms with van der Waals surface area (Å²) in [6, 6.07) is 0.0697. The van der Waals surface area contributed by atoms with E-state index in [0.29, 0.717) is 13.2 Å². The van der Waals surface area contributed by atoms with Crippen LogP contribution in [0.5, 0.6) is 0 Å². The van der Waals surface area contributed by atoms with E-state index in [2.05, 4.69) is 11.8 Å². The average molecular weight is 232 g/mol. The molecular weight excluding hydrogens is 208 g/mol. The number of morpholine rings is 1. The van der Waals surface area contributed by atoms with Gasteiger partial charge in [0.15, 0.2) is 0 Å². The molecule has 3 N–H and O–H groups in total. The number of aliphatic hydroxyl groups is 1. The lowest BCUT2D eigenvalue weighted by Crippen LogP contribution is -2.59. The van der Waals surface area contributed by atoms with Crippen LogP contribution in [0.3, 0.4) is 0 Å². The summed E-state index contributed by atoms with van der Waals surface area (Å²) in [6.45, 7) is 6.15. The number of methoxy groups -OCH3 is 1. The van der Waals surface area contributed by atoms with Crippen LogP contribution in [0.2, 0.25) is 0 Å². The van der Waals surface area contributed by atoms with Crippen molar-refractivity contribution in [2.24, 2.45) is 5.73 Å². The van der Waals surface area contributed by atoms with E-state index in [1.807, 2.05) is 6.92 Å². The number of rotatable bonds is 5. The van der Waals surface area contributed by atoms with Crippen LogP contribution < -0.4 is 5.73 Å². The molecular formula is C11H24N2O3. The van der Waals surface area contributed by atoms with Crippen molar-refractivity contribution in [1.82, 2.24) is 4.90 Å². The normalized spacial score (nSPS) is 31.3. The fourth-order valence-electron chi connectivity index (χ4n) is 2.18. The molecule has 0 radical (unpaired) electrons. The smallest absolute Gasteiger partial charge is 0.0674 e. The predicted octanol–water partition coefficient (Wildman–Crippen LogP) is -0.570. The van der Waals surface area contributed by atoms with Crippen molar-refractivity contribution in [3.05, 3.63) is 0 Å². The highest BCUT2D eigenvalue weighted by atomic mass is 16.5. The summed E-state index contributed by atoms with van der Waals surface area (Å²) < 4.78 is 10.6. The zero-order valence-electron chi connectivity index (χ0n) is 10.4. The summed E-state index contributed by atoms with van der Waals surface area (Å²) in [5, 5.41) is 9.46. The van der Waals surface area contributed by atoms with Crippen LogP contribution in [0.15, 0.2) is 0 Å². The number of nitrogens with zero attached hydrogens (tertiary/aromatic N) is 1. The number of hydrogen-bond donors (Lipinski definition) is 2. The van der Waals surface area contributed by atoms with Gasteiger partial charge >= 0.3 is 0 Å². The van der Waals surface area contributed by atoms with E-state index in [4.69, 9.17) is 15.2 Å². The highest BCUT2D eigenvalue weighted by Crippen LogP contribution is 2.16. The highest BCUT2D eigenvalue weighted by Gasteiger charge is 2.32. The molecule has 4 atom stereocenters. The van der Waals surface area contributed by atoms with Gasteiger partial charge in [-0.25, -0.2) is 0 Å². The quantitative estimate of drug-likeness (QED) is 0.664. The Morgan fingerprint density at radius 3 is 2.81 bits per heavy atom. The lowest BCUT2D eigenvalue weighted by atomic mass is 10.0. The van der Waals surface area contributed by atoms with Gasteiger partial charge in [0.25, 0.3) is 0 Å². The molecule has 5 nitrogen and oxygen atoms in total. The number of hydrogen-bond acceptors (Lipinski definition) is 5. The SMILES string of the molecule is COCC(N)C(CO)N1CC(C)OCC1C. The minimum absolute atomic E-state index is 0.0544. The second-order valence-corrected chi connectivity index (χ2v) is 4.56. The zero-order valence-corrected chi connectivity index (χ0v) is 10.4. The Bertz CT molecular complexity index is 204. The van der Waals surface area contributed by atoms with E-state index in [9.17, 15) is 5.11 Å². The molecule has 0 aromatic carbocycles. The van der Waals surface area contributed by atoms with Crippen molar-refractivity contribution < 1.29 is 14.6 Å². The van der Waals surface area contributed by atoms with Crippen molar-refractivity contribution in [2.45, 2.75) is 38.1 Å². The first-order chi connectivity index (χ1) is 7.60. The van der Waals surface area contributed by atoms with E-state index in [1.54, 1.807) is 7.11 Å². The van der Waals surface area contributed by atoms with Gasteiger partial charge in [0.2, 0.25) is 0 Å². The first-order valence-electron chi connectivity index (χ1n) is 5.82. The van der Waals surface area contributed by atoms with Gasteiger partial charge in [-0.05, 0) is 13.8 Å². The molecule has 0 saturated carbocycles. The molecule has 0 bridgehead atoms. The van der Waals surface area contributed by atoms with Gasteiger partial charge in [-0.1, -0.05) is 0 Å². The molecule has 4 unspecified atom stereocenters. The molecule has 0 aromatic heterocycles. The molecule has 1 aliphatic heterocycles. The molecule has 1 fully saturated rings. The fraction of sp³-hybridized carbons (Fsp3) is 1.00. The highest BCUT2D eigenvalue weighted by molar-refractivity contribution is 4.87. The van der Waals surface area contributed by atoms with Gasteiger partial charge in [-0.3, -0.25) is 4.90 Å². The summed E-state index contributed by atoms with van der Waals surface area (Å²) >= 11 is 0. The summed E-state index contributed by atoms with van der Waals surface area (Å²) in [6.07, 6.45) is 0.194. The lowest BCUT2D eigenvalue weighted by molar-refractivity contribution is -0.0806. The second kappa shape index (κ2) is 6.51. The van der Waals surface area contributed by atoms with Crippen molar-refractivity contribution in [2.75, 3.05) is 33.5 Å². The molecule has 1 heterocycles. The van der Waals surface area contributed by atoms with Crippen molar-refractivity contribution in [1.29, 1.82) is 0 Å². The topological polar surface area (TPSA) is 68.0 Å². The molecule has 0 aromatic rings. The molecule has 5 heteroatoms. The van der Waals surface area contributed by atoms with E-state index in [1.165, 1.54) is 0 Å². The van der Waals surface area contributed by atoms with Crippen LogP contribution in [-0.4, -0.2) is 67.7 Å². The Balaban J connectivity index is 2.62.